The van der Waals surface area contributed by atoms with Gasteiger partial charge in [0.2, 0.25) is 0 Å². The molecule has 32 heavy (non-hydrogen) atoms. The van der Waals surface area contributed by atoms with E-state index in [1.165, 1.54) is 13.2 Å². The van der Waals surface area contributed by atoms with Crippen molar-refractivity contribution in [1.82, 2.24) is 5.32 Å². The van der Waals surface area contributed by atoms with Crippen molar-refractivity contribution in [1.29, 1.82) is 0 Å². The zero-order valence-electron chi connectivity index (χ0n) is 16.6. The number of hydrogen-bond acceptors (Lipinski definition) is 2. The topological polar surface area (TPSA) is 38.3 Å². The third kappa shape index (κ3) is 5.40. The van der Waals surface area contributed by atoms with E-state index in [4.69, 9.17) is 4.74 Å². The van der Waals surface area contributed by atoms with E-state index in [9.17, 15) is 31.1 Å². The molecular formula is C23H17F6NO2. The average Bonchev–Trinajstić information content (AvgIpc) is 2.76. The van der Waals surface area contributed by atoms with Crippen LogP contribution in [0.2, 0.25) is 0 Å². The summed E-state index contributed by atoms with van der Waals surface area (Å²) in [5, 5.41) is 2.37. The maximum Gasteiger partial charge on any atom is 0.416 e. The summed E-state index contributed by atoms with van der Waals surface area (Å²) in [6.07, 6.45) is -9.91. The number of alkyl halides is 6. The molecule has 0 unspecified atom stereocenters. The van der Waals surface area contributed by atoms with Crippen LogP contribution in [-0.4, -0.2) is 13.0 Å². The van der Waals surface area contributed by atoms with Crippen LogP contribution in [0.3, 0.4) is 0 Å². The Bertz CT molecular complexity index is 1090. The van der Waals surface area contributed by atoms with Crippen molar-refractivity contribution in [3.8, 4) is 16.9 Å². The maximum absolute atomic E-state index is 13.0. The fourth-order valence-electron chi connectivity index (χ4n) is 3.12. The minimum Gasteiger partial charge on any atom is -0.496 e. The summed E-state index contributed by atoms with van der Waals surface area (Å²) in [5.74, 6) is -0.0681. The number of halogens is 6. The Labute approximate surface area is 179 Å². The largest absolute Gasteiger partial charge is 0.496 e. The van der Waals surface area contributed by atoms with Crippen LogP contribution in [-0.2, 0) is 18.9 Å². The van der Waals surface area contributed by atoms with Gasteiger partial charge in [-0.15, -0.1) is 0 Å². The first kappa shape index (κ1) is 23.2. The number of benzene rings is 3. The van der Waals surface area contributed by atoms with Gasteiger partial charge in [0, 0.05) is 17.7 Å². The normalized spacial score (nSPS) is 11.8. The zero-order chi connectivity index (χ0) is 23.5. The molecule has 0 aliphatic rings. The molecule has 0 aromatic heterocycles. The first-order valence-electron chi connectivity index (χ1n) is 9.29. The van der Waals surface area contributed by atoms with E-state index < -0.39 is 35.9 Å². The lowest BCUT2D eigenvalue weighted by Crippen LogP contribution is -2.23. The highest BCUT2D eigenvalue weighted by Gasteiger charge is 2.36. The quantitative estimate of drug-likeness (QED) is 0.459. The van der Waals surface area contributed by atoms with Crippen LogP contribution in [0.25, 0.3) is 11.1 Å². The van der Waals surface area contributed by atoms with E-state index >= 15 is 0 Å². The SMILES string of the molecule is COc1ccccc1-c1cccc(C(=O)NCc2cc(C(F)(F)F)cc(C(F)(F)F)c2)c1. The Kier molecular flexibility index (Phi) is 6.47. The second-order valence-corrected chi connectivity index (χ2v) is 6.88. The smallest absolute Gasteiger partial charge is 0.416 e. The summed E-state index contributed by atoms with van der Waals surface area (Å²) in [4.78, 5) is 12.5. The number of rotatable bonds is 5. The molecule has 0 radical (unpaired) electrons. The van der Waals surface area contributed by atoms with Gasteiger partial charge in [0.05, 0.1) is 18.2 Å². The lowest BCUT2D eigenvalue weighted by Gasteiger charge is -2.15. The second-order valence-electron chi connectivity index (χ2n) is 6.88. The van der Waals surface area contributed by atoms with Crippen molar-refractivity contribution in [3.63, 3.8) is 0 Å². The molecule has 3 aromatic carbocycles. The number of nitrogens with one attached hydrogen (secondary N) is 1. The molecule has 3 rings (SSSR count). The van der Waals surface area contributed by atoms with Crippen LogP contribution in [0.15, 0.2) is 66.7 Å². The number of hydrogen-bond donors (Lipinski definition) is 1. The fourth-order valence-corrected chi connectivity index (χ4v) is 3.12. The molecule has 0 atom stereocenters. The number of carbonyl (C=O) groups excluding carboxylic acids is 1. The highest BCUT2D eigenvalue weighted by molar-refractivity contribution is 5.95. The van der Waals surface area contributed by atoms with Crippen LogP contribution >= 0.6 is 0 Å². The summed E-state index contributed by atoms with van der Waals surface area (Å²) in [6.45, 7) is -0.509. The Hall–Kier alpha value is -3.49. The van der Waals surface area contributed by atoms with Gasteiger partial charge in [0.25, 0.3) is 5.91 Å². The minimum absolute atomic E-state index is 0.0437. The summed E-state index contributed by atoms with van der Waals surface area (Å²) < 4.78 is 83.3. The summed E-state index contributed by atoms with van der Waals surface area (Å²) >= 11 is 0. The van der Waals surface area contributed by atoms with Crippen LogP contribution < -0.4 is 10.1 Å². The zero-order valence-corrected chi connectivity index (χ0v) is 16.6. The molecule has 0 bridgehead atoms. The third-order valence-electron chi connectivity index (χ3n) is 4.64. The van der Waals surface area contributed by atoms with Crippen molar-refractivity contribution in [2.75, 3.05) is 7.11 Å². The van der Waals surface area contributed by atoms with Gasteiger partial charge >= 0.3 is 12.4 Å². The van der Waals surface area contributed by atoms with Crippen LogP contribution in [0.4, 0.5) is 26.3 Å². The van der Waals surface area contributed by atoms with Gasteiger partial charge in [-0.05, 0) is 47.5 Å². The Morgan fingerprint density at radius 1 is 0.844 bits per heavy atom. The molecule has 0 saturated heterocycles. The number of para-hydroxylation sites is 1. The van der Waals surface area contributed by atoms with Gasteiger partial charge in [-0.3, -0.25) is 4.79 Å². The summed E-state index contributed by atoms with van der Waals surface area (Å²) in [6, 6.07) is 14.7. The molecule has 0 aliphatic heterocycles. The predicted octanol–water partition coefficient (Wildman–Crippen LogP) is 6.33. The monoisotopic (exact) mass is 453 g/mol. The second kappa shape index (κ2) is 8.94. The molecule has 168 valence electrons. The average molecular weight is 453 g/mol. The third-order valence-corrected chi connectivity index (χ3v) is 4.64. The van der Waals surface area contributed by atoms with Crippen molar-refractivity contribution in [2.45, 2.75) is 18.9 Å². The maximum atomic E-state index is 13.0. The van der Waals surface area contributed by atoms with Crippen molar-refractivity contribution in [2.24, 2.45) is 0 Å². The lowest BCUT2D eigenvalue weighted by atomic mass is 10.0. The van der Waals surface area contributed by atoms with E-state index in [1.54, 1.807) is 42.5 Å². The highest BCUT2D eigenvalue weighted by Crippen LogP contribution is 2.36. The molecule has 0 heterocycles. The first-order valence-corrected chi connectivity index (χ1v) is 9.29. The van der Waals surface area contributed by atoms with E-state index in [0.717, 1.165) is 5.56 Å². The van der Waals surface area contributed by atoms with E-state index in [1.807, 2.05) is 0 Å². The van der Waals surface area contributed by atoms with Gasteiger partial charge < -0.3 is 10.1 Å². The van der Waals surface area contributed by atoms with Crippen LogP contribution in [0, 0.1) is 0 Å². The first-order chi connectivity index (χ1) is 15.0. The number of amides is 1. The predicted molar refractivity (Wildman–Crippen MR) is 106 cm³/mol. The van der Waals surface area contributed by atoms with Gasteiger partial charge in [-0.2, -0.15) is 26.3 Å². The van der Waals surface area contributed by atoms with E-state index in [0.29, 0.717) is 23.4 Å². The minimum atomic E-state index is -4.96. The van der Waals surface area contributed by atoms with Gasteiger partial charge in [-0.1, -0.05) is 30.3 Å². The van der Waals surface area contributed by atoms with Crippen molar-refractivity contribution in [3.05, 3.63) is 89.0 Å². The molecule has 9 heteroatoms. The van der Waals surface area contributed by atoms with Crippen LogP contribution in [0.1, 0.15) is 27.0 Å². The van der Waals surface area contributed by atoms with Gasteiger partial charge in [0.1, 0.15) is 5.75 Å². The highest BCUT2D eigenvalue weighted by atomic mass is 19.4. The molecule has 3 nitrogen and oxygen atoms in total. The fraction of sp³-hybridized carbons (Fsp3) is 0.174. The molecule has 1 N–H and O–H groups in total. The standard InChI is InChI=1S/C23H17F6NO2/c1-32-20-8-3-2-7-19(20)15-5-4-6-16(11-15)21(31)30-13-14-9-17(22(24,25)26)12-18(10-14)23(27,28)29/h2-12H,13H2,1H3,(H,30,31). The van der Waals surface area contributed by atoms with Crippen LogP contribution in [0.5, 0.6) is 5.75 Å². The Morgan fingerprint density at radius 3 is 2.06 bits per heavy atom. The molecule has 0 fully saturated rings. The number of methoxy groups -OCH3 is 1. The van der Waals surface area contributed by atoms with Gasteiger partial charge in [-0.25, -0.2) is 0 Å². The number of carbonyl (C=O) groups is 1. The molecule has 0 aliphatic carbocycles. The van der Waals surface area contributed by atoms with E-state index in [-0.39, 0.29) is 17.2 Å². The molecular weight excluding hydrogens is 436 g/mol. The van der Waals surface area contributed by atoms with Crippen molar-refractivity contribution < 1.29 is 35.9 Å². The Morgan fingerprint density at radius 2 is 1.47 bits per heavy atom. The molecule has 1 amide bonds. The summed E-state index contributed by atoms with van der Waals surface area (Å²) in [7, 11) is 1.50. The van der Waals surface area contributed by atoms with Crippen molar-refractivity contribution >= 4 is 5.91 Å². The molecule has 0 spiro atoms. The van der Waals surface area contributed by atoms with E-state index in [2.05, 4.69) is 5.32 Å². The molecule has 3 aromatic rings. The molecule has 0 saturated carbocycles. The summed E-state index contributed by atoms with van der Waals surface area (Å²) in [5.41, 5.74) is -1.62. The lowest BCUT2D eigenvalue weighted by molar-refractivity contribution is -0.143. The Balaban J connectivity index is 1.83. The number of ether oxygens (including phenoxy) is 1. The van der Waals surface area contributed by atoms with Gasteiger partial charge in [0.15, 0.2) is 0 Å².